The molecule has 4 nitrogen and oxygen atoms in total. The highest BCUT2D eigenvalue weighted by atomic mass is 32.1. The van der Waals surface area contributed by atoms with Crippen LogP contribution in [-0.2, 0) is 4.74 Å². The van der Waals surface area contributed by atoms with Gasteiger partial charge < -0.3 is 10.1 Å². The first-order valence-electron chi connectivity index (χ1n) is 5.79. The molecule has 0 spiro atoms. The van der Waals surface area contributed by atoms with Gasteiger partial charge in [-0.2, -0.15) is 8.75 Å². The van der Waals surface area contributed by atoms with Crippen molar-refractivity contribution in [1.29, 1.82) is 0 Å². The van der Waals surface area contributed by atoms with Crippen molar-refractivity contribution in [3.8, 4) is 0 Å². The van der Waals surface area contributed by atoms with Gasteiger partial charge in [-0.1, -0.05) is 13.8 Å². The van der Waals surface area contributed by atoms with Gasteiger partial charge in [0.15, 0.2) is 0 Å². The summed E-state index contributed by atoms with van der Waals surface area (Å²) >= 11 is 1.27. The van der Waals surface area contributed by atoms with Crippen LogP contribution < -0.4 is 5.32 Å². The van der Waals surface area contributed by atoms with Crippen molar-refractivity contribution in [1.82, 2.24) is 14.1 Å². The number of aromatic nitrogens is 2. The zero-order valence-corrected chi connectivity index (χ0v) is 11.1. The van der Waals surface area contributed by atoms with E-state index in [0.29, 0.717) is 12.0 Å². The lowest BCUT2D eigenvalue weighted by molar-refractivity contribution is 0.170. The fraction of sp³-hybridized carbons (Fsp3) is 0.818. The molecule has 0 aliphatic heterocycles. The third-order valence-corrected chi connectivity index (χ3v) is 3.15. The summed E-state index contributed by atoms with van der Waals surface area (Å²) in [5.41, 5.74) is 1.06. The fourth-order valence-corrected chi connectivity index (χ4v) is 2.13. The van der Waals surface area contributed by atoms with E-state index in [1.807, 2.05) is 6.20 Å². The Balaban J connectivity index is 2.56. The molecule has 2 atom stereocenters. The van der Waals surface area contributed by atoms with E-state index in [4.69, 9.17) is 4.74 Å². The molecule has 0 aromatic carbocycles. The number of hydrogen-bond donors (Lipinski definition) is 1. The Morgan fingerprint density at radius 2 is 2.38 bits per heavy atom. The quantitative estimate of drug-likeness (QED) is 0.760. The molecule has 1 heterocycles. The van der Waals surface area contributed by atoms with Crippen molar-refractivity contribution < 1.29 is 4.74 Å². The van der Waals surface area contributed by atoms with E-state index in [1.165, 1.54) is 11.7 Å². The van der Waals surface area contributed by atoms with Gasteiger partial charge in [0.2, 0.25) is 0 Å². The van der Waals surface area contributed by atoms with E-state index >= 15 is 0 Å². The molecule has 1 rings (SSSR count). The van der Waals surface area contributed by atoms with E-state index in [1.54, 1.807) is 7.11 Å². The van der Waals surface area contributed by atoms with E-state index in [0.717, 1.165) is 31.7 Å². The molecule has 16 heavy (non-hydrogen) atoms. The standard InChI is InChI=1S/C11H21N3OS/c1-4-6-12-11(9(2)5-7-15-3)10-8-13-16-14-10/h8-9,11-12H,4-7H2,1-3H3. The molecule has 0 aliphatic carbocycles. The highest BCUT2D eigenvalue weighted by Crippen LogP contribution is 2.23. The van der Waals surface area contributed by atoms with Gasteiger partial charge in [-0.25, -0.2) is 0 Å². The molecule has 1 N–H and O–H groups in total. The maximum Gasteiger partial charge on any atom is 0.0914 e. The average Bonchev–Trinajstić information content (AvgIpc) is 2.80. The van der Waals surface area contributed by atoms with Crippen LogP contribution in [0, 0.1) is 5.92 Å². The highest BCUT2D eigenvalue weighted by molar-refractivity contribution is 6.99. The summed E-state index contributed by atoms with van der Waals surface area (Å²) < 4.78 is 13.5. The Bertz CT molecular complexity index is 266. The zero-order chi connectivity index (χ0) is 11.8. The summed E-state index contributed by atoms with van der Waals surface area (Å²) in [6, 6.07) is 0.300. The molecular weight excluding hydrogens is 222 g/mol. The molecule has 0 bridgehead atoms. The van der Waals surface area contributed by atoms with Crippen LogP contribution >= 0.6 is 11.7 Å². The van der Waals surface area contributed by atoms with E-state index < -0.39 is 0 Å². The summed E-state index contributed by atoms with van der Waals surface area (Å²) in [7, 11) is 1.74. The van der Waals surface area contributed by atoms with E-state index in [2.05, 4.69) is 27.9 Å². The number of methoxy groups -OCH3 is 1. The van der Waals surface area contributed by atoms with Crippen LogP contribution in [0.2, 0.25) is 0 Å². The Morgan fingerprint density at radius 1 is 1.56 bits per heavy atom. The van der Waals surface area contributed by atoms with Crippen LogP contribution in [0.25, 0.3) is 0 Å². The number of rotatable bonds is 8. The van der Waals surface area contributed by atoms with Crippen molar-refractivity contribution in [3.05, 3.63) is 11.9 Å². The van der Waals surface area contributed by atoms with E-state index in [9.17, 15) is 0 Å². The van der Waals surface area contributed by atoms with Crippen molar-refractivity contribution in [2.75, 3.05) is 20.3 Å². The topological polar surface area (TPSA) is 47.0 Å². The minimum Gasteiger partial charge on any atom is -0.385 e. The van der Waals surface area contributed by atoms with Gasteiger partial charge >= 0.3 is 0 Å². The Kier molecular flexibility index (Phi) is 6.52. The summed E-state index contributed by atoms with van der Waals surface area (Å²) in [5, 5.41) is 3.53. The van der Waals surface area contributed by atoms with Crippen LogP contribution in [0.3, 0.4) is 0 Å². The first kappa shape index (κ1) is 13.5. The smallest absolute Gasteiger partial charge is 0.0914 e. The number of nitrogens with zero attached hydrogens (tertiary/aromatic N) is 2. The van der Waals surface area contributed by atoms with Crippen molar-refractivity contribution in [3.63, 3.8) is 0 Å². The molecule has 5 heteroatoms. The minimum absolute atomic E-state index is 0.300. The third kappa shape index (κ3) is 4.15. The molecule has 0 aliphatic rings. The zero-order valence-electron chi connectivity index (χ0n) is 10.3. The highest BCUT2D eigenvalue weighted by Gasteiger charge is 2.20. The normalized spacial score (nSPS) is 14.9. The average molecular weight is 243 g/mol. The summed E-state index contributed by atoms with van der Waals surface area (Å²) in [6.07, 6.45) is 4.03. The Labute approximate surface area is 102 Å². The SMILES string of the molecule is CCCNC(c1cnsn1)C(C)CCOC. The molecular formula is C11H21N3OS. The molecule has 2 unspecified atom stereocenters. The van der Waals surface area contributed by atoms with Gasteiger partial charge in [-0.05, 0) is 25.3 Å². The third-order valence-electron chi connectivity index (χ3n) is 2.66. The monoisotopic (exact) mass is 243 g/mol. The number of hydrogen-bond acceptors (Lipinski definition) is 5. The van der Waals surface area contributed by atoms with E-state index in [-0.39, 0.29) is 0 Å². The lowest BCUT2D eigenvalue weighted by Gasteiger charge is -2.23. The predicted octanol–water partition coefficient (Wildman–Crippen LogP) is 2.25. The predicted molar refractivity (Wildman–Crippen MR) is 66.6 cm³/mol. The van der Waals surface area contributed by atoms with Gasteiger partial charge in [0.05, 0.1) is 29.7 Å². The molecule has 1 aromatic rings. The first-order valence-corrected chi connectivity index (χ1v) is 6.52. The van der Waals surface area contributed by atoms with Crippen molar-refractivity contribution in [2.24, 2.45) is 5.92 Å². The molecule has 0 amide bonds. The molecule has 1 aromatic heterocycles. The fourth-order valence-electron chi connectivity index (χ4n) is 1.68. The van der Waals surface area contributed by atoms with Crippen molar-refractivity contribution in [2.45, 2.75) is 32.7 Å². The van der Waals surface area contributed by atoms with Gasteiger partial charge in [0.1, 0.15) is 0 Å². The van der Waals surface area contributed by atoms with Gasteiger partial charge in [-0.3, -0.25) is 0 Å². The minimum atomic E-state index is 0.300. The Morgan fingerprint density at radius 3 is 2.94 bits per heavy atom. The molecule has 0 fully saturated rings. The van der Waals surface area contributed by atoms with Gasteiger partial charge in [0.25, 0.3) is 0 Å². The first-order chi connectivity index (χ1) is 7.79. The number of nitrogens with one attached hydrogen (secondary N) is 1. The second-order valence-electron chi connectivity index (χ2n) is 4.02. The lowest BCUT2D eigenvalue weighted by Crippen LogP contribution is -2.28. The largest absolute Gasteiger partial charge is 0.385 e. The van der Waals surface area contributed by atoms with Crippen molar-refractivity contribution >= 4 is 11.7 Å². The maximum atomic E-state index is 5.12. The summed E-state index contributed by atoms with van der Waals surface area (Å²) in [4.78, 5) is 0. The summed E-state index contributed by atoms with van der Waals surface area (Å²) in [6.45, 7) is 6.21. The molecule has 0 saturated carbocycles. The second kappa shape index (κ2) is 7.70. The molecule has 92 valence electrons. The summed E-state index contributed by atoms with van der Waals surface area (Å²) in [5.74, 6) is 0.510. The van der Waals surface area contributed by atoms with Gasteiger partial charge in [0, 0.05) is 13.7 Å². The van der Waals surface area contributed by atoms with Crippen LogP contribution in [0.1, 0.15) is 38.4 Å². The molecule has 0 saturated heterocycles. The van der Waals surface area contributed by atoms with Crippen LogP contribution in [0.5, 0.6) is 0 Å². The van der Waals surface area contributed by atoms with Crippen LogP contribution in [-0.4, -0.2) is 29.0 Å². The van der Waals surface area contributed by atoms with Gasteiger partial charge in [-0.15, -0.1) is 0 Å². The second-order valence-corrected chi connectivity index (χ2v) is 4.58. The van der Waals surface area contributed by atoms with Crippen LogP contribution in [0.15, 0.2) is 6.20 Å². The maximum absolute atomic E-state index is 5.12. The van der Waals surface area contributed by atoms with Crippen LogP contribution in [0.4, 0.5) is 0 Å². The number of ether oxygens (including phenoxy) is 1. The molecule has 0 radical (unpaired) electrons. The Hall–Kier alpha value is -0.520. The lowest BCUT2D eigenvalue weighted by atomic mass is 9.96.